The summed E-state index contributed by atoms with van der Waals surface area (Å²) in [5.74, 6) is -0.526. The molecule has 2 aliphatic heterocycles. The summed E-state index contributed by atoms with van der Waals surface area (Å²) in [7, 11) is 1.23. The fourth-order valence-corrected chi connectivity index (χ4v) is 4.61. The summed E-state index contributed by atoms with van der Waals surface area (Å²) in [6.07, 6.45) is 4.28. The average molecular weight is 479 g/mol. The third kappa shape index (κ3) is 5.72. The minimum atomic E-state index is -0.708. The molecule has 0 radical (unpaired) electrons. The molecule has 4 rings (SSSR count). The van der Waals surface area contributed by atoms with Gasteiger partial charge in [-0.1, -0.05) is 6.42 Å². The van der Waals surface area contributed by atoms with Crippen molar-refractivity contribution in [2.45, 2.75) is 32.3 Å². The van der Waals surface area contributed by atoms with Crippen LogP contribution in [0.25, 0.3) is 0 Å². The van der Waals surface area contributed by atoms with Crippen LogP contribution in [0.5, 0.6) is 11.6 Å². The number of aromatic nitrogens is 1. The number of nitrogens with one attached hydrogen (secondary N) is 2. The van der Waals surface area contributed by atoms with Crippen LogP contribution in [0, 0.1) is 5.82 Å². The van der Waals surface area contributed by atoms with E-state index in [4.69, 9.17) is 14.2 Å². The van der Waals surface area contributed by atoms with Gasteiger partial charge in [0.05, 0.1) is 13.7 Å². The highest BCUT2D eigenvalue weighted by Gasteiger charge is 2.25. The predicted octanol–water partition coefficient (Wildman–Crippen LogP) is 3.19. The number of halogens is 1. The maximum Gasteiger partial charge on any atom is 0.346 e. The number of benzene rings is 1. The summed E-state index contributed by atoms with van der Waals surface area (Å²) in [5, 5.41) is 5.63. The van der Waals surface area contributed by atoms with Gasteiger partial charge in [-0.2, -0.15) is 4.37 Å². The van der Waals surface area contributed by atoms with Crippen LogP contribution in [0.2, 0.25) is 0 Å². The molecule has 0 spiro atoms. The molecule has 0 bridgehead atoms. The van der Waals surface area contributed by atoms with Gasteiger partial charge in [0, 0.05) is 30.6 Å². The van der Waals surface area contributed by atoms with E-state index in [0.29, 0.717) is 25.3 Å². The quantitative estimate of drug-likeness (QED) is 0.562. The predicted molar refractivity (Wildman–Crippen MR) is 121 cm³/mol. The van der Waals surface area contributed by atoms with E-state index >= 15 is 0 Å². The molecule has 2 amide bonds. The van der Waals surface area contributed by atoms with Crippen LogP contribution in [0.3, 0.4) is 0 Å². The normalized spacial score (nSPS) is 15.5. The summed E-state index contributed by atoms with van der Waals surface area (Å²) in [4.78, 5) is 27.0. The fraction of sp³-hybridized carbons (Fsp3) is 0.500. The monoisotopic (exact) mass is 478 g/mol. The number of hydrogen-bond acceptors (Lipinski definition) is 8. The maximum absolute atomic E-state index is 14.4. The van der Waals surface area contributed by atoms with Crippen molar-refractivity contribution in [3.05, 3.63) is 34.6 Å². The van der Waals surface area contributed by atoms with Gasteiger partial charge in [-0.25, -0.2) is 14.0 Å². The summed E-state index contributed by atoms with van der Waals surface area (Å²) < 4.78 is 34.5. The topological polar surface area (TPSA) is 102 Å². The van der Waals surface area contributed by atoms with Crippen LogP contribution in [0.4, 0.5) is 14.2 Å². The van der Waals surface area contributed by atoms with Gasteiger partial charge in [-0.15, -0.1) is 0 Å². The molecule has 0 aliphatic carbocycles. The van der Waals surface area contributed by atoms with E-state index in [1.165, 1.54) is 32.4 Å². The Morgan fingerprint density at radius 1 is 1.27 bits per heavy atom. The van der Waals surface area contributed by atoms with Gasteiger partial charge >= 0.3 is 12.0 Å². The highest BCUT2D eigenvalue weighted by atomic mass is 32.1. The van der Waals surface area contributed by atoms with E-state index in [9.17, 15) is 14.0 Å². The molecule has 2 aromatic rings. The largest absolute Gasteiger partial charge is 0.493 e. The van der Waals surface area contributed by atoms with Crippen LogP contribution >= 0.6 is 11.5 Å². The average Bonchev–Trinajstić information content (AvgIpc) is 3.44. The van der Waals surface area contributed by atoms with Gasteiger partial charge in [0.15, 0.2) is 5.56 Å². The number of hydrogen-bond donors (Lipinski definition) is 2. The van der Waals surface area contributed by atoms with E-state index < -0.39 is 17.8 Å². The molecular formula is C22H27FN4O5S. The maximum atomic E-state index is 14.4. The molecule has 0 saturated carbocycles. The first kappa shape index (κ1) is 23.2. The van der Waals surface area contributed by atoms with Crippen molar-refractivity contribution < 1.29 is 28.2 Å². The molecule has 1 fully saturated rings. The summed E-state index contributed by atoms with van der Waals surface area (Å²) in [5.41, 5.74) is 1.09. The summed E-state index contributed by atoms with van der Waals surface area (Å²) in [6, 6.07) is 2.58. The van der Waals surface area contributed by atoms with Crippen molar-refractivity contribution in [3.63, 3.8) is 0 Å². The number of likely N-dealkylation sites (tertiary alicyclic amines) is 1. The third-order valence-corrected chi connectivity index (χ3v) is 6.41. The van der Waals surface area contributed by atoms with Crippen molar-refractivity contribution in [2.24, 2.45) is 0 Å². The molecule has 1 aromatic heterocycles. The lowest BCUT2D eigenvalue weighted by atomic mass is 10.1. The number of methoxy groups -OCH3 is 1. The van der Waals surface area contributed by atoms with E-state index in [1.807, 2.05) is 0 Å². The van der Waals surface area contributed by atoms with Crippen LogP contribution < -0.4 is 20.1 Å². The second kappa shape index (κ2) is 10.8. The van der Waals surface area contributed by atoms with E-state index in [1.54, 1.807) is 6.07 Å². The SMILES string of the molecule is COC(=O)c1c(OCc2cc3c(cc2F)CCO3)nsc1NC(=O)NCCN1CCCCC1. The lowest BCUT2D eigenvalue weighted by Gasteiger charge is -2.26. The molecule has 1 aromatic carbocycles. The van der Waals surface area contributed by atoms with E-state index in [-0.39, 0.29) is 28.6 Å². The Kier molecular flexibility index (Phi) is 7.61. The molecule has 0 unspecified atom stereocenters. The Balaban J connectivity index is 1.37. The molecule has 9 nitrogen and oxygen atoms in total. The zero-order valence-corrected chi connectivity index (χ0v) is 19.3. The Hall–Kier alpha value is -2.92. The van der Waals surface area contributed by atoms with Crippen molar-refractivity contribution in [1.82, 2.24) is 14.6 Å². The highest BCUT2D eigenvalue weighted by molar-refractivity contribution is 7.11. The molecule has 2 N–H and O–H groups in total. The van der Waals surface area contributed by atoms with Crippen molar-refractivity contribution in [1.29, 1.82) is 0 Å². The number of carbonyl (C=O) groups is 2. The van der Waals surface area contributed by atoms with Crippen LogP contribution in [-0.4, -0.2) is 61.2 Å². The van der Waals surface area contributed by atoms with Gasteiger partial charge in [-0.3, -0.25) is 5.32 Å². The highest BCUT2D eigenvalue weighted by Crippen LogP contribution is 2.33. The Morgan fingerprint density at radius 3 is 2.88 bits per heavy atom. The Morgan fingerprint density at radius 2 is 2.09 bits per heavy atom. The van der Waals surface area contributed by atoms with E-state index in [2.05, 4.69) is 19.9 Å². The lowest BCUT2D eigenvalue weighted by Crippen LogP contribution is -2.39. The number of carbonyl (C=O) groups excluding carboxylic acids is 2. The van der Waals surface area contributed by atoms with Gasteiger partial charge in [0.1, 0.15) is 23.2 Å². The van der Waals surface area contributed by atoms with Crippen LogP contribution in [0.15, 0.2) is 12.1 Å². The zero-order valence-electron chi connectivity index (χ0n) is 18.4. The fourth-order valence-electron chi connectivity index (χ4n) is 3.89. The minimum absolute atomic E-state index is 0.00787. The smallest absolute Gasteiger partial charge is 0.346 e. The molecule has 2 aliphatic rings. The summed E-state index contributed by atoms with van der Waals surface area (Å²) >= 11 is 0.893. The number of anilines is 1. The van der Waals surface area contributed by atoms with Crippen molar-refractivity contribution >= 4 is 28.5 Å². The standard InChI is InChI=1S/C22H27FN4O5S/c1-30-21(28)18-19(32-13-15-12-17-14(5-10-31-17)11-16(15)23)26-33-20(18)25-22(29)24-6-9-27-7-3-2-4-8-27/h11-12H,2-10,13H2,1H3,(H2,24,25,29). The molecule has 0 atom stereocenters. The van der Waals surface area contributed by atoms with Gasteiger partial charge in [-0.05, 0) is 49.6 Å². The Labute approximate surface area is 195 Å². The molecule has 1 saturated heterocycles. The van der Waals surface area contributed by atoms with Gasteiger partial charge < -0.3 is 24.4 Å². The third-order valence-electron chi connectivity index (χ3n) is 5.66. The number of ether oxygens (including phenoxy) is 3. The number of rotatable bonds is 8. The van der Waals surface area contributed by atoms with Crippen LogP contribution in [0.1, 0.15) is 40.7 Å². The number of fused-ring (bicyclic) bond motifs is 1. The first-order valence-electron chi connectivity index (χ1n) is 11.0. The number of amides is 2. The molecule has 11 heteroatoms. The molecule has 178 valence electrons. The first-order valence-corrected chi connectivity index (χ1v) is 11.7. The van der Waals surface area contributed by atoms with E-state index in [0.717, 1.165) is 36.7 Å². The lowest BCUT2D eigenvalue weighted by molar-refractivity contribution is 0.0596. The van der Waals surface area contributed by atoms with Crippen LogP contribution in [-0.2, 0) is 17.8 Å². The number of nitrogens with zero attached hydrogens (tertiary/aromatic N) is 2. The molecule has 3 heterocycles. The number of urea groups is 1. The Bertz CT molecular complexity index is 1010. The second-order valence-electron chi connectivity index (χ2n) is 7.91. The second-order valence-corrected chi connectivity index (χ2v) is 8.68. The molecular weight excluding hydrogens is 451 g/mol. The first-order chi connectivity index (χ1) is 16.0. The molecule has 33 heavy (non-hydrogen) atoms. The minimum Gasteiger partial charge on any atom is -0.493 e. The summed E-state index contributed by atoms with van der Waals surface area (Å²) in [6.45, 7) is 3.71. The van der Waals surface area contributed by atoms with Crippen molar-refractivity contribution in [3.8, 4) is 11.6 Å². The van der Waals surface area contributed by atoms with Gasteiger partial charge in [0.25, 0.3) is 0 Å². The number of esters is 1. The van der Waals surface area contributed by atoms with Gasteiger partial charge in [0.2, 0.25) is 5.88 Å². The van der Waals surface area contributed by atoms with Crippen molar-refractivity contribution in [2.75, 3.05) is 45.2 Å². The zero-order chi connectivity index (χ0) is 23.2. The number of piperidine rings is 1.